The average Bonchev–Trinajstić information content (AvgIpc) is 3.20. The predicted octanol–water partition coefficient (Wildman–Crippen LogP) is 2.71. The molecule has 202 valence electrons. The van der Waals surface area contributed by atoms with Gasteiger partial charge in [0.25, 0.3) is 5.56 Å². The molecule has 2 N–H and O–H groups in total. The summed E-state index contributed by atoms with van der Waals surface area (Å²) in [6.45, 7) is -0.400. The zero-order valence-electron chi connectivity index (χ0n) is 20.3. The van der Waals surface area contributed by atoms with E-state index < -0.39 is 29.8 Å². The van der Waals surface area contributed by atoms with Gasteiger partial charge in [0, 0.05) is 26.1 Å². The summed E-state index contributed by atoms with van der Waals surface area (Å²) in [5, 5.41) is 18.8. The van der Waals surface area contributed by atoms with Gasteiger partial charge in [0.2, 0.25) is 0 Å². The van der Waals surface area contributed by atoms with Crippen molar-refractivity contribution in [3.8, 4) is 17.5 Å². The minimum atomic E-state index is -3.44. The standard InChI is InChI=1S/C25H25F3N4O6/c1-25(27,28)38-19-5-2-4-18(14-19)37-23-29-21-20(32(23)15-16-6-8-17(26)9-7-16)22(35)31(10-3-12-33)24(36)30(21)11-13-34/h2,4-9,14,33-34H,3,10-13,15H2,1H3. The quantitative estimate of drug-likeness (QED) is 0.304. The van der Waals surface area contributed by atoms with Crippen LogP contribution in [0.1, 0.15) is 18.9 Å². The van der Waals surface area contributed by atoms with Crippen molar-refractivity contribution in [1.82, 2.24) is 18.7 Å². The Labute approximate surface area is 213 Å². The maximum Gasteiger partial charge on any atom is 0.394 e. The summed E-state index contributed by atoms with van der Waals surface area (Å²) in [5.74, 6) is -0.591. The monoisotopic (exact) mass is 534 g/mol. The van der Waals surface area contributed by atoms with Crippen LogP contribution < -0.4 is 20.7 Å². The highest BCUT2D eigenvalue weighted by atomic mass is 19.3. The van der Waals surface area contributed by atoms with Crippen LogP contribution in [-0.4, -0.2) is 48.2 Å². The molecule has 0 saturated heterocycles. The van der Waals surface area contributed by atoms with Crippen molar-refractivity contribution < 1.29 is 32.9 Å². The third kappa shape index (κ3) is 5.89. The molecule has 0 aliphatic heterocycles. The van der Waals surface area contributed by atoms with E-state index in [0.717, 1.165) is 9.13 Å². The first-order chi connectivity index (χ1) is 18.1. The minimum Gasteiger partial charge on any atom is -0.433 e. The largest absolute Gasteiger partial charge is 0.433 e. The van der Waals surface area contributed by atoms with Crippen molar-refractivity contribution in [3.05, 3.63) is 80.7 Å². The molecule has 38 heavy (non-hydrogen) atoms. The molecule has 0 unspecified atom stereocenters. The van der Waals surface area contributed by atoms with Crippen molar-refractivity contribution in [1.29, 1.82) is 0 Å². The summed E-state index contributed by atoms with van der Waals surface area (Å²) in [6.07, 6.45) is -3.31. The van der Waals surface area contributed by atoms with Crippen LogP contribution in [0.15, 0.2) is 58.1 Å². The molecule has 0 aliphatic rings. The van der Waals surface area contributed by atoms with Crippen LogP contribution in [-0.2, 0) is 19.6 Å². The highest BCUT2D eigenvalue weighted by Gasteiger charge is 2.25. The smallest absolute Gasteiger partial charge is 0.394 e. The predicted molar refractivity (Wildman–Crippen MR) is 130 cm³/mol. The highest BCUT2D eigenvalue weighted by Crippen LogP contribution is 2.30. The van der Waals surface area contributed by atoms with E-state index in [4.69, 9.17) is 4.74 Å². The van der Waals surface area contributed by atoms with Gasteiger partial charge in [-0.3, -0.25) is 18.5 Å². The molecule has 0 bridgehead atoms. The molecule has 0 fully saturated rings. The molecule has 4 aromatic rings. The molecule has 10 nitrogen and oxygen atoms in total. The normalized spacial score (nSPS) is 11.7. The molecule has 0 spiro atoms. The van der Waals surface area contributed by atoms with E-state index in [1.807, 2.05) is 0 Å². The third-order valence-electron chi connectivity index (χ3n) is 5.51. The first-order valence-electron chi connectivity index (χ1n) is 11.7. The van der Waals surface area contributed by atoms with E-state index in [1.165, 1.54) is 53.1 Å². The molecule has 4 rings (SSSR count). The van der Waals surface area contributed by atoms with Crippen molar-refractivity contribution in [3.63, 3.8) is 0 Å². The number of hydrogen-bond donors (Lipinski definition) is 2. The lowest BCUT2D eigenvalue weighted by Gasteiger charge is -2.14. The topological polar surface area (TPSA) is 121 Å². The van der Waals surface area contributed by atoms with Gasteiger partial charge in [-0.1, -0.05) is 18.2 Å². The van der Waals surface area contributed by atoms with E-state index in [-0.39, 0.29) is 61.3 Å². The van der Waals surface area contributed by atoms with Gasteiger partial charge in [0.1, 0.15) is 17.3 Å². The number of imidazole rings is 1. The average molecular weight is 534 g/mol. The van der Waals surface area contributed by atoms with E-state index >= 15 is 0 Å². The van der Waals surface area contributed by atoms with Gasteiger partial charge in [-0.2, -0.15) is 13.8 Å². The van der Waals surface area contributed by atoms with E-state index in [9.17, 15) is 33.0 Å². The molecule has 0 amide bonds. The SMILES string of the molecule is CC(F)(F)Oc1cccc(Oc2nc3c(c(=O)n(CCCO)c(=O)n3CCO)n2Cc2ccc(F)cc2)c1. The number of hydrogen-bond acceptors (Lipinski definition) is 7. The van der Waals surface area contributed by atoms with Gasteiger partial charge in [-0.15, -0.1) is 0 Å². The third-order valence-corrected chi connectivity index (χ3v) is 5.51. The van der Waals surface area contributed by atoms with Gasteiger partial charge >= 0.3 is 17.8 Å². The molecular weight excluding hydrogens is 509 g/mol. The van der Waals surface area contributed by atoms with Crippen LogP contribution in [0.5, 0.6) is 17.5 Å². The van der Waals surface area contributed by atoms with Crippen molar-refractivity contribution in [2.45, 2.75) is 39.1 Å². The number of rotatable bonds is 11. The van der Waals surface area contributed by atoms with E-state index in [1.54, 1.807) is 0 Å². The second-order valence-corrected chi connectivity index (χ2v) is 8.46. The number of benzene rings is 2. The Morgan fingerprint density at radius 3 is 2.32 bits per heavy atom. The zero-order chi connectivity index (χ0) is 27.4. The van der Waals surface area contributed by atoms with Crippen LogP contribution >= 0.6 is 0 Å². The maximum atomic E-state index is 13.5. The zero-order valence-corrected chi connectivity index (χ0v) is 20.3. The lowest BCUT2D eigenvalue weighted by molar-refractivity contribution is -0.159. The number of fused-ring (bicyclic) bond motifs is 1. The second kappa shape index (κ2) is 11.1. The number of nitrogens with zero attached hydrogens (tertiary/aromatic N) is 4. The van der Waals surface area contributed by atoms with Crippen LogP contribution in [0, 0.1) is 5.82 Å². The Bertz CT molecular complexity index is 1540. The molecule has 0 radical (unpaired) electrons. The maximum absolute atomic E-state index is 13.5. The van der Waals surface area contributed by atoms with Gasteiger partial charge in [-0.25, -0.2) is 9.18 Å². The lowest BCUT2D eigenvalue weighted by atomic mass is 10.2. The summed E-state index contributed by atoms with van der Waals surface area (Å²) < 4.78 is 54.1. The molecule has 2 aromatic carbocycles. The number of halogens is 3. The Kier molecular flexibility index (Phi) is 7.88. The number of aliphatic hydroxyl groups excluding tert-OH is 2. The fourth-order valence-electron chi connectivity index (χ4n) is 3.91. The van der Waals surface area contributed by atoms with E-state index in [2.05, 4.69) is 9.72 Å². The Balaban J connectivity index is 1.91. The Hall–Kier alpha value is -4.10. The molecule has 2 aromatic heterocycles. The summed E-state index contributed by atoms with van der Waals surface area (Å²) in [5.41, 5.74) is -0.982. The fourth-order valence-corrected chi connectivity index (χ4v) is 3.91. The minimum absolute atomic E-state index is 0.0259. The van der Waals surface area contributed by atoms with Gasteiger partial charge in [0.15, 0.2) is 11.2 Å². The second-order valence-electron chi connectivity index (χ2n) is 8.46. The van der Waals surface area contributed by atoms with Gasteiger partial charge in [-0.05, 0) is 36.2 Å². The number of aliphatic hydroxyl groups is 2. The molecular formula is C25H25F3N4O6. The van der Waals surface area contributed by atoms with Crippen LogP contribution in [0.25, 0.3) is 11.2 Å². The molecule has 0 aliphatic carbocycles. The number of alkyl halides is 2. The molecule has 0 saturated carbocycles. The fraction of sp³-hybridized carbons (Fsp3) is 0.320. The first kappa shape index (κ1) is 26.9. The first-order valence-corrected chi connectivity index (χ1v) is 11.7. The highest BCUT2D eigenvalue weighted by molar-refractivity contribution is 5.72. The lowest BCUT2D eigenvalue weighted by Crippen LogP contribution is -2.41. The summed E-state index contributed by atoms with van der Waals surface area (Å²) in [7, 11) is 0. The number of ether oxygens (including phenoxy) is 2. The van der Waals surface area contributed by atoms with Crippen LogP contribution in [0.4, 0.5) is 13.2 Å². The summed E-state index contributed by atoms with van der Waals surface area (Å²) in [6, 6.07) is 10.7. The Morgan fingerprint density at radius 1 is 0.947 bits per heavy atom. The van der Waals surface area contributed by atoms with Gasteiger partial charge in [0.05, 0.1) is 19.7 Å². The summed E-state index contributed by atoms with van der Waals surface area (Å²) >= 11 is 0. The van der Waals surface area contributed by atoms with Crippen LogP contribution in [0.3, 0.4) is 0 Å². The number of aromatic nitrogens is 4. The molecule has 2 heterocycles. The molecule has 0 atom stereocenters. The van der Waals surface area contributed by atoms with Crippen molar-refractivity contribution in [2.24, 2.45) is 0 Å². The Morgan fingerprint density at radius 2 is 1.66 bits per heavy atom. The van der Waals surface area contributed by atoms with E-state index in [0.29, 0.717) is 12.5 Å². The van der Waals surface area contributed by atoms with Gasteiger partial charge < -0.3 is 19.7 Å². The molecule has 13 heteroatoms. The summed E-state index contributed by atoms with van der Waals surface area (Å²) in [4.78, 5) is 30.9. The van der Waals surface area contributed by atoms with Crippen molar-refractivity contribution in [2.75, 3.05) is 13.2 Å². The van der Waals surface area contributed by atoms with Crippen molar-refractivity contribution >= 4 is 11.2 Å². The van der Waals surface area contributed by atoms with Crippen LogP contribution in [0.2, 0.25) is 0 Å².